The molecule has 3 aromatic rings. The number of alkyl halides is 3. The van der Waals surface area contributed by atoms with Crippen LogP contribution in [0.25, 0.3) is 5.69 Å². The second kappa shape index (κ2) is 8.19. The van der Waals surface area contributed by atoms with Gasteiger partial charge in [0.25, 0.3) is 11.7 Å². The van der Waals surface area contributed by atoms with E-state index in [1.165, 1.54) is 32.4 Å². The average Bonchev–Trinajstić information content (AvgIpc) is 3.21. The first kappa shape index (κ1) is 20.8. The normalized spacial score (nSPS) is 11.1. The maximum Gasteiger partial charge on any atom is 0.573 e. The number of hydrogen-bond donors (Lipinski definition) is 0. The van der Waals surface area contributed by atoms with Crippen LogP contribution in [0.1, 0.15) is 21.0 Å². The molecule has 3 rings (SSSR count). The molecule has 2 aromatic carbocycles. The number of benzene rings is 2. The number of carbonyl (C=O) groups is 2. The molecule has 0 aliphatic heterocycles. The van der Waals surface area contributed by atoms with Crippen molar-refractivity contribution in [1.29, 1.82) is 0 Å². The van der Waals surface area contributed by atoms with Crippen molar-refractivity contribution < 1.29 is 32.2 Å². The summed E-state index contributed by atoms with van der Waals surface area (Å²) in [5.74, 6) is -1.98. The van der Waals surface area contributed by atoms with Crippen molar-refractivity contribution >= 4 is 17.6 Å². The van der Waals surface area contributed by atoms with Gasteiger partial charge in [0.1, 0.15) is 5.75 Å². The van der Waals surface area contributed by atoms with Crippen molar-refractivity contribution in [2.75, 3.05) is 19.1 Å². The number of rotatable bonds is 5. The van der Waals surface area contributed by atoms with Crippen LogP contribution >= 0.6 is 0 Å². The van der Waals surface area contributed by atoms with Gasteiger partial charge in [-0.05, 0) is 41.6 Å². The number of hydrogen-bond acceptors (Lipinski definition) is 7. The minimum atomic E-state index is -4.81. The summed E-state index contributed by atoms with van der Waals surface area (Å²) in [6, 6.07) is 11.0. The zero-order chi connectivity index (χ0) is 21.9. The molecule has 0 spiro atoms. The largest absolute Gasteiger partial charge is 0.573 e. The Hall–Kier alpha value is -3.96. The second-order valence-corrected chi connectivity index (χ2v) is 5.82. The van der Waals surface area contributed by atoms with Gasteiger partial charge in [-0.25, -0.2) is 4.79 Å². The van der Waals surface area contributed by atoms with Gasteiger partial charge >= 0.3 is 12.3 Å². The standard InChI is InChI=1S/C18H14F3N5O4/c1-25(14-6-4-3-5-13(14)17(28)29-2)16(27)15-22-24-26(23-15)11-7-9-12(10-8-11)30-18(19,20)21/h3-10H,1-2H3. The molecule has 30 heavy (non-hydrogen) atoms. The first-order valence-corrected chi connectivity index (χ1v) is 8.31. The van der Waals surface area contributed by atoms with Crippen LogP contribution < -0.4 is 9.64 Å². The quantitative estimate of drug-likeness (QED) is 0.584. The lowest BCUT2D eigenvalue weighted by Crippen LogP contribution is -2.29. The van der Waals surface area contributed by atoms with Gasteiger partial charge in [-0.3, -0.25) is 4.79 Å². The molecule has 0 atom stereocenters. The summed E-state index contributed by atoms with van der Waals surface area (Å²) in [5, 5.41) is 11.4. The number of nitrogens with zero attached hydrogens (tertiary/aromatic N) is 5. The highest BCUT2D eigenvalue weighted by molar-refractivity contribution is 6.07. The Morgan fingerprint density at radius 2 is 1.73 bits per heavy atom. The number of tetrazole rings is 1. The van der Waals surface area contributed by atoms with Gasteiger partial charge in [0.05, 0.1) is 24.0 Å². The third-order valence-corrected chi connectivity index (χ3v) is 3.88. The summed E-state index contributed by atoms with van der Waals surface area (Å²) in [7, 11) is 2.65. The number of aromatic nitrogens is 4. The summed E-state index contributed by atoms with van der Waals surface area (Å²) < 4.78 is 45.2. The molecular formula is C18H14F3N5O4. The van der Waals surface area contributed by atoms with Gasteiger partial charge < -0.3 is 14.4 Å². The lowest BCUT2D eigenvalue weighted by Gasteiger charge is -2.18. The second-order valence-electron chi connectivity index (χ2n) is 5.82. The fourth-order valence-electron chi connectivity index (χ4n) is 2.50. The molecule has 0 saturated heterocycles. The molecule has 0 N–H and O–H groups in total. The van der Waals surface area contributed by atoms with Crippen molar-refractivity contribution in [2.24, 2.45) is 0 Å². The molecule has 0 bridgehead atoms. The Bertz CT molecular complexity index is 1070. The van der Waals surface area contributed by atoms with E-state index in [1.54, 1.807) is 18.2 Å². The number of esters is 1. The van der Waals surface area contributed by atoms with Crippen LogP contribution in [0.2, 0.25) is 0 Å². The Balaban J connectivity index is 1.81. The Labute approximate surface area is 167 Å². The lowest BCUT2D eigenvalue weighted by atomic mass is 10.1. The van der Waals surface area contributed by atoms with Crippen LogP contribution in [0.3, 0.4) is 0 Å². The van der Waals surface area contributed by atoms with Crippen LogP contribution in [-0.2, 0) is 4.74 Å². The monoisotopic (exact) mass is 421 g/mol. The molecule has 1 heterocycles. The van der Waals surface area contributed by atoms with Crippen molar-refractivity contribution in [3.05, 3.63) is 59.9 Å². The van der Waals surface area contributed by atoms with Crippen LogP contribution in [0, 0.1) is 0 Å². The van der Waals surface area contributed by atoms with E-state index in [1.807, 2.05) is 0 Å². The topological polar surface area (TPSA) is 99.4 Å². The Morgan fingerprint density at radius 1 is 1.07 bits per heavy atom. The van der Waals surface area contributed by atoms with Gasteiger partial charge in [-0.2, -0.15) is 0 Å². The molecule has 0 radical (unpaired) electrons. The molecule has 1 amide bonds. The minimum absolute atomic E-state index is 0.170. The van der Waals surface area contributed by atoms with E-state index in [4.69, 9.17) is 4.74 Å². The highest BCUT2D eigenvalue weighted by Gasteiger charge is 2.31. The fourth-order valence-corrected chi connectivity index (χ4v) is 2.50. The van der Waals surface area contributed by atoms with E-state index in [0.29, 0.717) is 0 Å². The number of para-hydroxylation sites is 1. The van der Waals surface area contributed by atoms with Crippen molar-refractivity contribution in [3.8, 4) is 11.4 Å². The van der Waals surface area contributed by atoms with Gasteiger partial charge in [-0.15, -0.1) is 28.2 Å². The van der Waals surface area contributed by atoms with Crippen molar-refractivity contribution in [2.45, 2.75) is 6.36 Å². The number of anilines is 1. The zero-order valence-electron chi connectivity index (χ0n) is 15.6. The van der Waals surface area contributed by atoms with Crippen LogP contribution in [-0.4, -0.2) is 52.6 Å². The number of ether oxygens (including phenoxy) is 2. The van der Waals surface area contributed by atoms with Gasteiger partial charge in [-0.1, -0.05) is 12.1 Å². The van der Waals surface area contributed by atoms with Gasteiger partial charge in [0.2, 0.25) is 0 Å². The SMILES string of the molecule is COC(=O)c1ccccc1N(C)C(=O)c1nnn(-c2ccc(OC(F)(F)F)cc2)n1. The Morgan fingerprint density at radius 3 is 2.37 bits per heavy atom. The number of methoxy groups -OCH3 is 1. The van der Waals surface area contributed by atoms with E-state index in [2.05, 4.69) is 20.1 Å². The minimum Gasteiger partial charge on any atom is -0.465 e. The molecule has 9 nitrogen and oxygen atoms in total. The fraction of sp³-hybridized carbons (Fsp3) is 0.167. The highest BCUT2D eigenvalue weighted by Crippen LogP contribution is 2.24. The average molecular weight is 421 g/mol. The van der Waals surface area contributed by atoms with E-state index in [9.17, 15) is 22.8 Å². The van der Waals surface area contributed by atoms with Crippen molar-refractivity contribution in [1.82, 2.24) is 20.2 Å². The molecule has 156 valence electrons. The Kier molecular flexibility index (Phi) is 5.67. The van der Waals surface area contributed by atoms with E-state index in [-0.39, 0.29) is 22.8 Å². The first-order chi connectivity index (χ1) is 14.2. The van der Waals surface area contributed by atoms with Crippen LogP contribution in [0.15, 0.2) is 48.5 Å². The summed E-state index contributed by atoms with van der Waals surface area (Å²) >= 11 is 0. The molecular weight excluding hydrogens is 407 g/mol. The zero-order valence-corrected chi connectivity index (χ0v) is 15.6. The van der Waals surface area contributed by atoms with Crippen molar-refractivity contribution in [3.63, 3.8) is 0 Å². The molecule has 1 aromatic heterocycles. The summed E-state index contributed by atoms with van der Waals surface area (Å²) in [6.45, 7) is 0. The third-order valence-electron chi connectivity index (χ3n) is 3.88. The van der Waals surface area contributed by atoms with Crippen LogP contribution in [0.5, 0.6) is 5.75 Å². The lowest BCUT2D eigenvalue weighted by molar-refractivity contribution is -0.274. The highest BCUT2D eigenvalue weighted by atomic mass is 19.4. The molecule has 0 aliphatic rings. The molecule has 0 unspecified atom stereocenters. The smallest absolute Gasteiger partial charge is 0.465 e. The van der Waals surface area contributed by atoms with E-state index >= 15 is 0 Å². The number of halogens is 3. The summed E-state index contributed by atoms with van der Waals surface area (Å²) in [4.78, 5) is 26.8. The first-order valence-electron chi connectivity index (χ1n) is 8.31. The van der Waals surface area contributed by atoms with E-state index < -0.39 is 24.0 Å². The maximum absolute atomic E-state index is 12.7. The van der Waals surface area contributed by atoms with E-state index in [0.717, 1.165) is 21.8 Å². The summed E-state index contributed by atoms with van der Waals surface area (Å²) in [5.41, 5.74) is 0.705. The molecule has 0 aliphatic carbocycles. The predicted molar refractivity (Wildman–Crippen MR) is 96.4 cm³/mol. The molecule has 12 heteroatoms. The predicted octanol–water partition coefficient (Wildman–Crippen LogP) is 2.62. The number of amides is 1. The summed E-state index contributed by atoms with van der Waals surface area (Å²) in [6.07, 6.45) is -4.81. The van der Waals surface area contributed by atoms with Gasteiger partial charge in [0, 0.05) is 7.05 Å². The van der Waals surface area contributed by atoms with Crippen LogP contribution in [0.4, 0.5) is 18.9 Å². The molecule has 0 fully saturated rings. The van der Waals surface area contributed by atoms with Gasteiger partial charge in [0.15, 0.2) is 0 Å². The maximum atomic E-state index is 12.7. The number of carbonyl (C=O) groups excluding carboxylic acids is 2. The third kappa shape index (κ3) is 4.54. The molecule has 0 saturated carbocycles.